The first-order valence-corrected chi connectivity index (χ1v) is 5.34. The average Bonchev–Trinajstić information content (AvgIpc) is 2.15. The Balaban J connectivity index is 2.08. The van der Waals surface area contributed by atoms with E-state index >= 15 is 0 Å². The molecule has 0 atom stereocenters. The molecule has 2 rings (SSSR count). The second-order valence-corrected chi connectivity index (χ2v) is 4.59. The quantitative estimate of drug-likeness (QED) is 0.828. The molecule has 1 aliphatic rings. The topological polar surface area (TPSA) is 26.0 Å². The first kappa shape index (κ1) is 11.5. The lowest BCUT2D eigenvalue weighted by Crippen LogP contribution is -2.48. The summed E-state index contributed by atoms with van der Waals surface area (Å²) in [6, 6.07) is 5.29. The van der Waals surface area contributed by atoms with Crippen molar-refractivity contribution in [3.8, 4) is 0 Å². The Kier molecular flexibility index (Phi) is 2.70. The van der Waals surface area contributed by atoms with Crippen LogP contribution >= 0.6 is 0 Å². The van der Waals surface area contributed by atoms with Gasteiger partial charge in [-0.05, 0) is 43.4 Å². The predicted molar refractivity (Wildman–Crippen MR) is 55.9 cm³/mol. The van der Waals surface area contributed by atoms with Crippen molar-refractivity contribution in [2.24, 2.45) is 5.73 Å². The Bertz CT molecular complexity index is 363. The zero-order valence-corrected chi connectivity index (χ0v) is 8.85. The van der Waals surface area contributed by atoms with Crippen molar-refractivity contribution < 1.29 is 13.2 Å². The monoisotopic (exact) mass is 229 g/mol. The van der Waals surface area contributed by atoms with Crippen molar-refractivity contribution in [1.82, 2.24) is 0 Å². The van der Waals surface area contributed by atoms with E-state index in [4.69, 9.17) is 5.73 Å². The van der Waals surface area contributed by atoms with Crippen LogP contribution in [0.3, 0.4) is 0 Å². The van der Waals surface area contributed by atoms with E-state index in [9.17, 15) is 13.2 Å². The summed E-state index contributed by atoms with van der Waals surface area (Å²) in [5.41, 5.74) is 6.14. The summed E-state index contributed by atoms with van der Waals surface area (Å²) < 4.78 is 36.9. The van der Waals surface area contributed by atoms with Gasteiger partial charge in [0, 0.05) is 5.54 Å². The average molecular weight is 229 g/mol. The van der Waals surface area contributed by atoms with Crippen molar-refractivity contribution in [2.75, 3.05) is 0 Å². The lowest BCUT2D eigenvalue weighted by Gasteiger charge is -2.38. The van der Waals surface area contributed by atoms with Gasteiger partial charge in [-0.3, -0.25) is 0 Å². The third kappa shape index (κ3) is 2.38. The van der Waals surface area contributed by atoms with Crippen LogP contribution in [0.2, 0.25) is 0 Å². The van der Waals surface area contributed by atoms with Gasteiger partial charge in [-0.1, -0.05) is 12.1 Å². The SMILES string of the molecule is NC1(Cc2ccc(C(F)(F)F)cc2)CCC1. The maximum Gasteiger partial charge on any atom is 0.416 e. The second-order valence-electron chi connectivity index (χ2n) is 4.59. The molecule has 0 bridgehead atoms. The van der Waals surface area contributed by atoms with Gasteiger partial charge in [0.15, 0.2) is 0 Å². The molecule has 1 aliphatic carbocycles. The molecule has 1 aromatic rings. The fraction of sp³-hybridized carbons (Fsp3) is 0.500. The Morgan fingerprint density at radius 3 is 2.06 bits per heavy atom. The highest BCUT2D eigenvalue weighted by Crippen LogP contribution is 2.33. The molecule has 16 heavy (non-hydrogen) atoms. The first-order valence-electron chi connectivity index (χ1n) is 5.34. The smallest absolute Gasteiger partial charge is 0.325 e. The third-order valence-electron chi connectivity index (χ3n) is 3.19. The largest absolute Gasteiger partial charge is 0.416 e. The van der Waals surface area contributed by atoms with Crippen molar-refractivity contribution >= 4 is 0 Å². The summed E-state index contributed by atoms with van der Waals surface area (Å²) >= 11 is 0. The standard InChI is InChI=1S/C12H14F3N/c13-12(14,15)10-4-2-9(3-5-10)8-11(16)6-1-7-11/h2-5H,1,6-8,16H2. The Morgan fingerprint density at radius 2 is 1.69 bits per heavy atom. The van der Waals surface area contributed by atoms with E-state index in [-0.39, 0.29) is 5.54 Å². The summed E-state index contributed by atoms with van der Waals surface area (Å²) in [6.07, 6.45) is -0.528. The van der Waals surface area contributed by atoms with Gasteiger partial charge < -0.3 is 5.73 Å². The molecule has 0 unspecified atom stereocenters. The molecule has 0 aliphatic heterocycles. The number of halogens is 3. The van der Waals surface area contributed by atoms with E-state index in [0.29, 0.717) is 6.42 Å². The minimum atomic E-state index is -4.25. The molecular weight excluding hydrogens is 215 g/mol. The number of hydrogen-bond donors (Lipinski definition) is 1. The number of rotatable bonds is 2. The van der Waals surface area contributed by atoms with Crippen LogP contribution < -0.4 is 5.73 Å². The third-order valence-corrected chi connectivity index (χ3v) is 3.19. The highest BCUT2D eigenvalue weighted by molar-refractivity contribution is 5.26. The first-order chi connectivity index (χ1) is 7.39. The molecule has 0 heterocycles. The zero-order chi connectivity index (χ0) is 11.8. The molecular formula is C12H14F3N. The molecule has 0 amide bonds. The summed E-state index contributed by atoms with van der Waals surface area (Å²) in [6.45, 7) is 0. The van der Waals surface area contributed by atoms with Gasteiger partial charge in [-0.25, -0.2) is 0 Å². The lowest BCUT2D eigenvalue weighted by molar-refractivity contribution is -0.137. The van der Waals surface area contributed by atoms with Crippen LogP contribution in [-0.4, -0.2) is 5.54 Å². The molecule has 1 aromatic carbocycles. The van der Waals surface area contributed by atoms with Crippen molar-refractivity contribution in [1.29, 1.82) is 0 Å². The molecule has 1 saturated carbocycles. The van der Waals surface area contributed by atoms with Gasteiger partial charge in [0.2, 0.25) is 0 Å². The summed E-state index contributed by atoms with van der Waals surface area (Å²) in [4.78, 5) is 0. The Hall–Kier alpha value is -1.03. The molecule has 1 fully saturated rings. The second kappa shape index (κ2) is 3.77. The van der Waals surface area contributed by atoms with E-state index in [1.165, 1.54) is 12.1 Å². The molecule has 4 heteroatoms. The van der Waals surface area contributed by atoms with E-state index < -0.39 is 11.7 Å². The Labute approximate surface area is 92.5 Å². The van der Waals surface area contributed by atoms with E-state index in [2.05, 4.69) is 0 Å². The van der Waals surface area contributed by atoms with Crippen LogP contribution in [0.1, 0.15) is 30.4 Å². The van der Waals surface area contributed by atoms with Crippen molar-refractivity contribution in [3.05, 3.63) is 35.4 Å². The summed E-state index contributed by atoms with van der Waals surface area (Å²) in [5.74, 6) is 0. The van der Waals surface area contributed by atoms with Crippen LogP contribution in [0.5, 0.6) is 0 Å². The molecule has 88 valence electrons. The maximum absolute atomic E-state index is 12.3. The number of alkyl halides is 3. The van der Waals surface area contributed by atoms with E-state index in [1.54, 1.807) is 0 Å². The van der Waals surface area contributed by atoms with Crippen LogP contribution in [0, 0.1) is 0 Å². The molecule has 2 N–H and O–H groups in total. The van der Waals surface area contributed by atoms with Crippen LogP contribution in [0.4, 0.5) is 13.2 Å². The summed E-state index contributed by atoms with van der Waals surface area (Å²) in [5, 5.41) is 0. The molecule has 1 nitrogen and oxygen atoms in total. The molecule has 0 spiro atoms. The van der Waals surface area contributed by atoms with Crippen LogP contribution in [0.25, 0.3) is 0 Å². The molecule has 0 aromatic heterocycles. The van der Waals surface area contributed by atoms with E-state index in [0.717, 1.165) is 37.0 Å². The molecule has 0 radical (unpaired) electrons. The number of nitrogens with two attached hydrogens (primary N) is 1. The van der Waals surface area contributed by atoms with Gasteiger partial charge >= 0.3 is 6.18 Å². The Morgan fingerprint density at radius 1 is 1.12 bits per heavy atom. The lowest BCUT2D eigenvalue weighted by atomic mass is 9.74. The number of benzene rings is 1. The van der Waals surface area contributed by atoms with Gasteiger partial charge in [-0.15, -0.1) is 0 Å². The van der Waals surface area contributed by atoms with E-state index in [1.807, 2.05) is 0 Å². The number of hydrogen-bond acceptors (Lipinski definition) is 1. The molecule has 0 saturated heterocycles. The van der Waals surface area contributed by atoms with Gasteiger partial charge in [0.25, 0.3) is 0 Å². The van der Waals surface area contributed by atoms with Crippen LogP contribution in [-0.2, 0) is 12.6 Å². The van der Waals surface area contributed by atoms with Crippen molar-refractivity contribution in [3.63, 3.8) is 0 Å². The fourth-order valence-electron chi connectivity index (χ4n) is 2.03. The highest BCUT2D eigenvalue weighted by atomic mass is 19.4. The fourth-order valence-corrected chi connectivity index (χ4v) is 2.03. The maximum atomic E-state index is 12.3. The summed E-state index contributed by atoms with van der Waals surface area (Å²) in [7, 11) is 0. The van der Waals surface area contributed by atoms with Crippen LogP contribution in [0.15, 0.2) is 24.3 Å². The minimum Gasteiger partial charge on any atom is -0.325 e. The minimum absolute atomic E-state index is 0.181. The van der Waals surface area contributed by atoms with Gasteiger partial charge in [0.1, 0.15) is 0 Å². The van der Waals surface area contributed by atoms with Gasteiger partial charge in [-0.2, -0.15) is 13.2 Å². The highest BCUT2D eigenvalue weighted by Gasteiger charge is 2.33. The zero-order valence-electron chi connectivity index (χ0n) is 8.85. The van der Waals surface area contributed by atoms with Gasteiger partial charge in [0.05, 0.1) is 5.56 Å². The predicted octanol–water partition coefficient (Wildman–Crippen LogP) is 3.13. The normalized spacial score (nSPS) is 19.2. The van der Waals surface area contributed by atoms with Crippen molar-refractivity contribution in [2.45, 2.75) is 37.4 Å².